The van der Waals surface area contributed by atoms with Gasteiger partial charge in [0.15, 0.2) is 12.7 Å². The van der Waals surface area contributed by atoms with Crippen LogP contribution in [-0.4, -0.2) is 17.1 Å². The van der Waals surface area contributed by atoms with Gasteiger partial charge < -0.3 is 4.74 Å². The first kappa shape index (κ1) is 13.7. The fraction of sp³-hybridized carbons (Fsp3) is 0.353. The highest BCUT2D eigenvalue weighted by atomic mass is 16.5. The van der Waals surface area contributed by atoms with Gasteiger partial charge in [-0.15, -0.1) is 0 Å². The SMILES string of the molecule is O=C(OC1CCCC1)c1cncc[n+]1Cc1ccccc1. The van der Waals surface area contributed by atoms with Crippen molar-refractivity contribution in [2.75, 3.05) is 0 Å². The van der Waals surface area contributed by atoms with Gasteiger partial charge in [0, 0.05) is 5.56 Å². The third-order valence-corrected chi connectivity index (χ3v) is 3.82. The van der Waals surface area contributed by atoms with E-state index in [-0.39, 0.29) is 12.1 Å². The lowest BCUT2D eigenvalue weighted by atomic mass is 10.2. The van der Waals surface area contributed by atoms with Gasteiger partial charge in [0.2, 0.25) is 0 Å². The fourth-order valence-electron chi connectivity index (χ4n) is 2.69. The minimum absolute atomic E-state index is 0.0721. The molecule has 1 aliphatic rings. The number of carbonyl (C=O) groups is 1. The third-order valence-electron chi connectivity index (χ3n) is 3.82. The van der Waals surface area contributed by atoms with Crippen LogP contribution in [-0.2, 0) is 11.3 Å². The van der Waals surface area contributed by atoms with Gasteiger partial charge in [0.05, 0.1) is 6.20 Å². The monoisotopic (exact) mass is 283 g/mol. The molecule has 0 N–H and O–H groups in total. The van der Waals surface area contributed by atoms with Crippen molar-refractivity contribution in [3.8, 4) is 0 Å². The van der Waals surface area contributed by atoms with Crippen LogP contribution in [0.1, 0.15) is 41.7 Å². The van der Waals surface area contributed by atoms with Crippen LogP contribution in [0.3, 0.4) is 0 Å². The Kier molecular flexibility index (Phi) is 4.24. The second kappa shape index (κ2) is 6.48. The molecule has 0 saturated heterocycles. The van der Waals surface area contributed by atoms with Gasteiger partial charge in [-0.25, -0.2) is 4.79 Å². The number of aromatic nitrogens is 2. The van der Waals surface area contributed by atoms with Crippen LogP contribution in [0.25, 0.3) is 0 Å². The normalized spacial score (nSPS) is 15.0. The second-order valence-electron chi connectivity index (χ2n) is 5.39. The molecular formula is C17H19N2O2+. The van der Waals surface area contributed by atoms with E-state index in [0.717, 1.165) is 31.2 Å². The first-order valence-corrected chi connectivity index (χ1v) is 7.41. The zero-order valence-electron chi connectivity index (χ0n) is 11.9. The molecule has 0 aliphatic heterocycles. The van der Waals surface area contributed by atoms with Crippen molar-refractivity contribution in [2.45, 2.75) is 38.3 Å². The lowest BCUT2D eigenvalue weighted by Crippen LogP contribution is -2.42. The maximum absolute atomic E-state index is 12.3. The lowest BCUT2D eigenvalue weighted by molar-refractivity contribution is -0.691. The van der Waals surface area contributed by atoms with E-state index in [1.54, 1.807) is 12.4 Å². The summed E-state index contributed by atoms with van der Waals surface area (Å²) in [5, 5.41) is 0. The third kappa shape index (κ3) is 3.45. The molecule has 1 aromatic heterocycles. The van der Waals surface area contributed by atoms with Crippen LogP contribution in [0.4, 0.5) is 0 Å². The highest BCUT2D eigenvalue weighted by Gasteiger charge is 2.26. The minimum atomic E-state index is -0.272. The van der Waals surface area contributed by atoms with Gasteiger partial charge >= 0.3 is 11.7 Å². The van der Waals surface area contributed by atoms with E-state index in [2.05, 4.69) is 4.98 Å². The van der Waals surface area contributed by atoms with Gasteiger partial charge in [0.25, 0.3) is 0 Å². The molecule has 0 atom stereocenters. The van der Waals surface area contributed by atoms with E-state index in [4.69, 9.17) is 4.74 Å². The Balaban J connectivity index is 1.77. The number of benzene rings is 1. The van der Waals surface area contributed by atoms with Gasteiger partial charge in [-0.3, -0.25) is 4.98 Å². The molecule has 1 saturated carbocycles. The average Bonchev–Trinajstić information content (AvgIpc) is 3.02. The Labute approximate surface area is 124 Å². The minimum Gasteiger partial charge on any atom is -0.454 e. The van der Waals surface area contributed by atoms with Crippen molar-refractivity contribution in [3.63, 3.8) is 0 Å². The first-order valence-electron chi connectivity index (χ1n) is 7.41. The number of hydrogen-bond acceptors (Lipinski definition) is 3. The van der Waals surface area contributed by atoms with Crippen molar-refractivity contribution in [1.82, 2.24) is 4.98 Å². The van der Waals surface area contributed by atoms with Crippen molar-refractivity contribution in [2.24, 2.45) is 0 Å². The quantitative estimate of drug-likeness (QED) is 0.639. The van der Waals surface area contributed by atoms with Crippen LogP contribution < -0.4 is 4.57 Å². The van der Waals surface area contributed by atoms with Crippen LogP contribution in [0, 0.1) is 0 Å². The number of hydrogen-bond donors (Lipinski definition) is 0. The Morgan fingerprint density at radius 1 is 1.24 bits per heavy atom. The molecule has 0 spiro atoms. The number of nitrogens with zero attached hydrogens (tertiary/aromatic N) is 2. The smallest absolute Gasteiger partial charge is 0.405 e. The number of rotatable bonds is 4. The molecule has 0 radical (unpaired) electrons. The predicted molar refractivity (Wildman–Crippen MR) is 77.6 cm³/mol. The first-order chi connectivity index (χ1) is 10.3. The number of esters is 1. The van der Waals surface area contributed by atoms with Crippen molar-refractivity contribution in [1.29, 1.82) is 0 Å². The zero-order chi connectivity index (χ0) is 14.5. The van der Waals surface area contributed by atoms with Crippen molar-refractivity contribution in [3.05, 3.63) is 60.2 Å². The highest BCUT2D eigenvalue weighted by Crippen LogP contribution is 2.21. The summed E-state index contributed by atoms with van der Waals surface area (Å²) in [5.74, 6) is -0.272. The van der Waals surface area contributed by atoms with E-state index in [1.165, 1.54) is 0 Å². The summed E-state index contributed by atoms with van der Waals surface area (Å²) in [4.78, 5) is 16.4. The van der Waals surface area contributed by atoms with Crippen LogP contribution in [0.2, 0.25) is 0 Å². The molecule has 1 aromatic carbocycles. The van der Waals surface area contributed by atoms with E-state index in [1.807, 2.05) is 41.1 Å². The summed E-state index contributed by atoms with van der Waals surface area (Å²) >= 11 is 0. The van der Waals surface area contributed by atoms with Gasteiger partial charge in [-0.2, -0.15) is 4.57 Å². The zero-order valence-corrected chi connectivity index (χ0v) is 11.9. The summed E-state index contributed by atoms with van der Waals surface area (Å²) in [6, 6.07) is 10.1. The summed E-state index contributed by atoms with van der Waals surface area (Å²) in [6.07, 6.45) is 9.41. The fourth-order valence-corrected chi connectivity index (χ4v) is 2.69. The van der Waals surface area contributed by atoms with Crippen molar-refractivity contribution < 1.29 is 14.1 Å². The molecule has 2 aromatic rings. The highest BCUT2D eigenvalue weighted by molar-refractivity contribution is 5.85. The molecule has 3 rings (SSSR count). The van der Waals surface area contributed by atoms with Crippen LogP contribution >= 0.6 is 0 Å². The maximum atomic E-state index is 12.3. The summed E-state index contributed by atoms with van der Waals surface area (Å²) < 4.78 is 7.46. The Bertz CT molecular complexity index is 607. The molecular weight excluding hydrogens is 264 g/mol. The molecule has 1 fully saturated rings. The molecule has 1 heterocycles. The van der Waals surface area contributed by atoms with E-state index < -0.39 is 0 Å². The second-order valence-corrected chi connectivity index (χ2v) is 5.39. The summed E-state index contributed by atoms with van der Waals surface area (Å²) in [6.45, 7) is 0.637. The van der Waals surface area contributed by atoms with Crippen LogP contribution in [0.5, 0.6) is 0 Å². The Morgan fingerprint density at radius 3 is 2.76 bits per heavy atom. The molecule has 1 aliphatic carbocycles. The molecule has 0 unspecified atom stereocenters. The topological polar surface area (TPSA) is 43.1 Å². The largest absolute Gasteiger partial charge is 0.454 e. The summed E-state index contributed by atoms with van der Waals surface area (Å²) in [7, 11) is 0. The van der Waals surface area contributed by atoms with Crippen LogP contribution in [0.15, 0.2) is 48.9 Å². The van der Waals surface area contributed by atoms with Gasteiger partial charge in [0.1, 0.15) is 12.3 Å². The van der Waals surface area contributed by atoms with E-state index in [0.29, 0.717) is 12.2 Å². The molecule has 21 heavy (non-hydrogen) atoms. The van der Waals surface area contributed by atoms with Gasteiger partial charge in [-0.1, -0.05) is 30.3 Å². The molecule has 4 heteroatoms. The Morgan fingerprint density at radius 2 is 2.00 bits per heavy atom. The molecule has 108 valence electrons. The van der Waals surface area contributed by atoms with Crippen molar-refractivity contribution >= 4 is 5.97 Å². The standard InChI is InChI=1S/C17H19N2O2/c20-17(21-15-8-4-5-9-15)16-12-18-10-11-19(16)13-14-6-2-1-3-7-14/h1-3,6-7,10-12,15H,4-5,8-9,13H2/q+1. The Hall–Kier alpha value is -2.23. The van der Waals surface area contributed by atoms with E-state index >= 15 is 0 Å². The number of ether oxygens (including phenoxy) is 1. The predicted octanol–water partition coefficient (Wildman–Crippen LogP) is 2.52. The van der Waals surface area contributed by atoms with E-state index in [9.17, 15) is 4.79 Å². The summed E-state index contributed by atoms with van der Waals surface area (Å²) in [5.41, 5.74) is 1.65. The molecule has 0 amide bonds. The van der Waals surface area contributed by atoms with Gasteiger partial charge in [-0.05, 0) is 25.7 Å². The molecule has 0 bridgehead atoms. The lowest BCUT2D eigenvalue weighted by Gasteiger charge is -2.10. The maximum Gasteiger partial charge on any atom is 0.405 e. The number of carbonyl (C=O) groups excluding carboxylic acids is 1. The molecule has 4 nitrogen and oxygen atoms in total. The average molecular weight is 283 g/mol.